The number of hydrogen-bond donors (Lipinski definition) is 1. The van der Waals surface area contributed by atoms with Gasteiger partial charge in [0.2, 0.25) is 0 Å². The number of carbonyl (C=O) groups excluding carboxylic acids is 1. The fraction of sp³-hybridized carbons (Fsp3) is 0.385. The second-order valence-electron chi connectivity index (χ2n) is 9.00. The number of nitrogens with zero attached hydrogens (tertiary/aromatic N) is 2. The van der Waals surface area contributed by atoms with Crippen LogP contribution in [0.5, 0.6) is 0 Å². The molecule has 1 N–H and O–H groups in total. The molecule has 1 heterocycles. The Labute approximate surface area is 184 Å². The number of hydrogen-bond acceptors (Lipinski definition) is 3. The van der Waals surface area contributed by atoms with Crippen molar-refractivity contribution < 1.29 is 9.18 Å². The minimum atomic E-state index is -0.549. The number of aryl methyl sites for hydroxylation is 1. The zero-order valence-electron chi connectivity index (χ0n) is 18.9. The van der Waals surface area contributed by atoms with Crippen LogP contribution in [-0.4, -0.2) is 18.0 Å². The lowest BCUT2D eigenvalue weighted by Gasteiger charge is -2.47. The van der Waals surface area contributed by atoms with Crippen molar-refractivity contribution in [2.75, 3.05) is 16.8 Å². The van der Waals surface area contributed by atoms with E-state index in [9.17, 15) is 10.1 Å². The maximum Gasteiger partial charge on any atom is 0.266 e. The summed E-state index contributed by atoms with van der Waals surface area (Å²) in [6, 6.07) is 12.6. The van der Waals surface area contributed by atoms with E-state index in [2.05, 4.69) is 37.9 Å². The first kappa shape index (κ1) is 22.6. The van der Waals surface area contributed by atoms with Crippen LogP contribution in [0.2, 0.25) is 0 Å². The number of amides is 1. The van der Waals surface area contributed by atoms with Gasteiger partial charge in [-0.3, -0.25) is 4.79 Å². The van der Waals surface area contributed by atoms with Gasteiger partial charge in [-0.2, -0.15) is 5.26 Å². The van der Waals surface area contributed by atoms with E-state index in [1.165, 1.54) is 6.08 Å². The number of halogens is 1. The highest BCUT2D eigenvalue weighted by Gasteiger charge is 2.36. The van der Waals surface area contributed by atoms with Crippen molar-refractivity contribution in [3.8, 4) is 6.07 Å². The molecule has 0 fully saturated rings. The van der Waals surface area contributed by atoms with Crippen LogP contribution >= 0.6 is 0 Å². The van der Waals surface area contributed by atoms with Gasteiger partial charge in [-0.05, 0) is 81.0 Å². The molecule has 31 heavy (non-hydrogen) atoms. The lowest BCUT2D eigenvalue weighted by Crippen LogP contribution is -2.48. The Kier molecular flexibility index (Phi) is 6.50. The van der Waals surface area contributed by atoms with Crippen LogP contribution in [0.4, 0.5) is 15.8 Å². The van der Waals surface area contributed by atoms with Crippen molar-refractivity contribution in [2.24, 2.45) is 0 Å². The molecule has 4 nitrogen and oxygen atoms in total. The summed E-state index contributed by atoms with van der Waals surface area (Å²) in [5.74, 6) is -0.731. The third-order valence-corrected chi connectivity index (χ3v) is 5.89. The molecule has 1 aliphatic rings. The quantitative estimate of drug-likeness (QED) is 0.465. The molecule has 162 valence electrons. The third kappa shape index (κ3) is 4.80. The van der Waals surface area contributed by atoms with Crippen molar-refractivity contribution in [1.82, 2.24) is 0 Å². The molecule has 1 unspecified atom stereocenters. The van der Waals surface area contributed by atoms with E-state index in [4.69, 9.17) is 0 Å². The highest BCUT2D eigenvalue weighted by Crippen LogP contribution is 2.44. The molecule has 2 aromatic rings. The molecule has 5 heteroatoms. The highest BCUT2D eigenvalue weighted by atomic mass is 19.1. The summed E-state index contributed by atoms with van der Waals surface area (Å²) in [7, 11) is 0. The van der Waals surface area contributed by atoms with Gasteiger partial charge in [0.1, 0.15) is 17.5 Å². The molecule has 1 aliphatic heterocycles. The first-order chi connectivity index (χ1) is 14.7. The highest BCUT2D eigenvalue weighted by molar-refractivity contribution is 6.09. The Hall–Kier alpha value is -3.13. The normalized spacial score (nSPS) is 17.6. The van der Waals surface area contributed by atoms with Gasteiger partial charge in [-0.15, -0.1) is 0 Å². The molecule has 0 saturated carbocycles. The number of nitrogens with one attached hydrogen (secondary N) is 1. The van der Waals surface area contributed by atoms with Crippen LogP contribution in [0.3, 0.4) is 0 Å². The zero-order valence-corrected chi connectivity index (χ0v) is 18.9. The van der Waals surface area contributed by atoms with Crippen molar-refractivity contribution in [3.63, 3.8) is 0 Å². The fourth-order valence-electron chi connectivity index (χ4n) is 4.50. The largest absolute Gasteiger partial charge is 0.366 e. The zero-order chi connectivity index (χ0) is 22.8. The summed E-state index contributed by atoms with van der Waals surface area (Å²) >= 11 is 0. The van der Waals surface area contributed by atoms with Gasteiger partial charge in [-0.25, -0.2) is 4.39 Å². The lowest BCUT2D eigenvalue weighted by atomic mass is 9.79. The van der Waals surface area contributed by atoms with Gasteiger partial charge < -0.3 is 10.2 Å². The molecule has 0 spiro atoms. The van der Waals surface area contributed by atoms with Crippen molar-refractivity contribution in [3.05, 3.63) is 64.5 Å². The number of anilines is 2. The average Bonchev–Trinajstić information content (AvgIpc) is 2.69. The third-order valence-electron chi connectivity index (χ3n) is 5.89. The molecule has 0 aromatic heterocycles. The SMILES string of the molecule is CCCN1c2cc(F)c(/C=C(\C#N)C(=O)Nc3cccc(C)c3)cc2C(C)CC1(C)C. The van der Waals surface area contributed by atoms with Crippen molar-refractivity contribution in [1.29, 1.82) is 5.26 Å². The molecule has 1 atom stereocenters. The molecular weight excluding hydrogens is 389 g/mol. The van der Waals surface area contributed by atoms with Gasteiger partial charge in [0.05, 0.1) is 0 Å². The molecule has 0 radical (unpaired) electrons. The first-order valence-electron chi connectivity index (χ1n) is 10.8. The maximum atomic E-state index is 15.1. The molecule has 0 bridgehead atoms. The topological polar surface area (TPSA) is 56.1 Å². The van der Waals surface area contributed by atoms with E-state index in [1.54, 1.807) is 18.2 Å². The van der Waals surface area contributed by atoms with E-state index in [0.717, 1.165) is 36.2 Å². The van der Waals surface area contributed by atoms with Crippen LogP contribution in [0.15, 0.2) is 42.0 Å². The Morgan fingerprint density at radius 1 is 1.35 bits per heavy atom. The van der Waals surface area contributed by atoms with Crippen LogP contribution < -0.4 is 10.2 Å². The minimum Gasteiger partial charge on any atom is -0.366 e. The van der Waals surface area contributed by atoms with E-state index >= 15 is 4.39 Å². The summed E-state index contributed by atoms with van der Waals surface area (Å²) in [5, 5.41) is 12.3. The Bertz CT molecular complexity index is 1060. The summed E-state index contributed by atoms with van der Waals surface area (Å²) < 4.78 is 15.1. The second kappa shape index (κ2) is 8.93. The van der Waals surface area contributed by atoms with E-state index in [0.29, 0.717) is 5.69 Å². The maximum absolute atomic E-state index is 15.1. The predicted molar refractivity (Wildman–Crippen MR) is 125 cm³/mol. The van der Waals surface area contributed by atoms with Gasteiger partial charge in [0.25, 0.3) is 5.91 Å². The smallest absolute Gasteiger partial charge is 0.266 e. The minimum absolute atomic E-state index is 0.0578. The number of benzene rings is 2. The molecule has 0 aliphatic carbocycles. The second-order valence-corrected chi connectivity index (χ2v) is 9.00. The predicted octanol–water partition coefficient (Wildman–Crippen LogP) is 6.18. The molecular formula is C26H30FN3O. The standard InChI is InChI=1S/C26H30FN3O/c1-6-10-30-24-14-23(27)19(13-22(24)18(3)15-26(30,4)5)12-20(16-28)25(31)29-21-9-7-8-17(2)11-21/h7-9,11-14,18H,6,10,15H2,1-5H3,(H,29,31)/b20-12+. The van der Waals surface area contributed by atoms with Gasteiger partial charge in [-0.1, -0.05) is 26.0 Å². The molecule has 2 aromatic carbocycles. The molecule has 1 amide bonds. The number of rotatable bonds is 5. The number of carbonyl (C=O) groups is 1. The molecule has 3 rings (SSSR count). The van der Waals surface area contributed by atoms with Crippen molar-refractivity contribution in [2.45, 2.75) is 58.9 Å². The lowest BCUT2D eigenvalue weighted by molar-refractivity contribution is -0.112. The summed E-state index contributed by atoms with van der Waals surface area (Å²) in [4.78, 5) is 14.9. The summed E-state index contributed by atoms with van der Waals surface area (Å²) in [6.45, 7) is 11.4. The van der Waals surface area contributed by atoms with Crippen molar-refractivity contribution >= 4 is 23.4 Å². The summed E-state index contributed by atoms with van der Waals surface area (Å²) in [6.07, 6.45) is 3.27. The average molecular weight is 420 g/mol. The van der Waals surface area contributed by atoms with E-state index < -0.39 is 11.7 Å². The molecule has 0 saturated heterocycles. The van der Waals surface area contributed by atoms with Crippen LogP contribution in [0, 0.1) is 24.1 Å². The monoisotopic (exact) mass is 419 g/mol. The first-order valence-corrected chi connectivity index (χ1v) is 10.8. The van der Waals surface area contributed by atoms with E-state index in [1.807, 2.05) is 31.2 Å². The Morgan fingerprint density at radius 2 is 2.10 bits per heavy atom. The number of nitriles is 1. The van der Waals surface area contributed by atoms with Crippen LogP contribution in [0.25, 0.3) is 6.08 Å². The Balaban J connectivity index is 1.97. The number of fused-ring (bicyclic) bond motifs is 1. The van der Waals surface area contributed by atoms with Crippen LogP contribution in [0.1, 0.15) is 63.1 Å². The van der Waals surface area contributed by atoms with Gasteiger partial charge in [0.15, 0.2) is 0 Å². The van der Waals surface area contributed by atoms with Gasteiger partial charge in [0, 0.05) is 29.0 Å². The van der Waals surface area contributed by atoms with E-state index in [-0.39, 0.29) is 22.6 Å². The fourth-order valence-corrected chi connectivity index (χ4v) is 4.50. The van der Waals surface area contributed by atoms with Gasteiger partial charge >= 0.3 is 0 Å². The van der Waals surface area contributed by atoms with Crippen LogP contribution in [-0.2, 0) is 4.79 Å². The Morgan fingerprint density at radius 3 is 2.74 bits per heavy atom. The summed E-state index contributed by atoms with van der Waals surface area (Å²) in [5.41, 5.74) is 3.63.